The molecule has 0 bridgehead atoms. The first-order valence-electron chi connectivity index (χ1n) is 8.98. The smallest absolute Gasteiger partial charge is 0.0647 e. The second kappa shape index (κ2) is 8.06. The molecule has 0 spiro atoms. The number of rotatable bonds is 7. The Kier molecular flexibility index (Phi) is 6.65. The van der Waals surface area contributed by atoms with Crippen LogP contribution in [0.4, 0.5) is 0 Å². The minimum atomic E-state index is -0.129. The van der Waals surface area contributed by atoms with Crippen molar-refractivity contribution in [2.75, 3.05) is 45.9 Å². The van der Waals surface area contributed by atoms with Gasteiger partial charge in [-0.05, 0) is 59.0 Å². The first-order valence-corrected chi connectivity index (χ1v) is 8.98. The average Bonchev–Trinajstić information content (AvgIpc) is 2.96. The van der Waals surface area contributed by atoms with Crippen LogP contribution in [0, 0.1) is 5.92 Å². The van der Waals surface area contributed by atoms with Gasteiger partial charge in [0.25, 0.3) is 0 Å². The largest absolute Gasteiger partial charge is 0.378 e. The summed E-state index contributed by atoms with van der Waals surface area (Å²) in [4.78, 5) is 5.01. The van der Waals surface area contributed by atoms with Gasteiger partial charge in [-0.2, -0.15) is 0 Å². The zero-order valence-electron chi connectivity index (χ0n) is 14.8. The minimum Gasteiger partial charge on any atom is -0.378 e. The van der Waals surface area contributed by atoms with Gasteiger partial charge in [0.05, 0.1) is 13.2 Å². The molecule has 2 atom stereocenters. The molecule has 0 saturated carbocycles. The Hall–Kier alpha value is -0.200. The van der Waals surface area contributed by atoms with Crippen LogP contribution in [0.3, 0.4) is 0 Å². The van der Waals surface area contributed by atoms with E-state index in [1.165, 1.54) is 6.42 Å². The summed E-state index contributed by atoms with van der Waals surface area (Å²) in [5, 5.41) is 0. The predicted molar refractivity (Wildman–Crippen MR) is 91.9 cm³/mol. The van der Waals surface area contributed by atoms with Crippen molar-refractivity contribution in [1.29, 1.82) is 0 Å². The number of hydrogen-bond donors (Lipinski definition) is 2. The average molecular weight is 313 g/mol. The molecule has 0 aromatic heterocycles. The quantitative estimate of drug-likeness (QED) is 0.730. The molecular weight excluding hydrogens is 276 g/mol. The summed E-state index contributed by atoms with van der Waals surface area (Å²) < 4.78 is 6.00. The van der Waals surface area contributed by atoms with Crippen LogP contribution >= 0.6 is 0 Å². The molecule has 2 saturated heterocycles. The van der Waals surface area contributed by atoms with Crippen LogP contribution in [-0.2, 0) is 4.74 Å². The van der Waals surface area contributed by atoms with Gasteiger partial charge in [0.15, 0.2) is 0 Å². The molecule has 5 heteroatoms. The monoisotopic (exact) mass is 312 g/mol. The lowest BCUT2D eigenvalue weighted by Crippen LogP contribution is -2.54. The second-order valence-electron chi connectivity index (χ2n) is 7.74. The lowest BCUT2D eigenvalue weighted by molar-refractivity contribution is 0.0186. The summed E-state index contributed by atoms with van der Waals surface area (Å²) in [6, 6.07) is 1.09. The van der Waals surface area contributed by atoms with E-state index in [1.54, 1.807) is 0 Å². The SMILES string of the molecule is CC(C)N1CCC(N)(COCC(C)N2CCC(CN)C2)CC1. The standard InChI is InChI=1S/C17H36N4O/c1-14(2)20-8-5-17(19,6-9-20)13-22-12-15(3)21-7-4-16(10-18)11-21/h14-16H,4-13,18-19H2,1-3H3. The molecule has 5 nitrogen and oxygen atoms in total. The van der Waals surface area contributed by atoms with E-state index in [9.17, 15) is 0 Å². The van der Waals surface area contributed by atoms with Crippen LogP contribution in [0.15, 0.2) is 0 Å². The molecule has 2 heterocycles. The van der Waals surface area contributed by atoms with Gasteiger partial charge >= 0.3 is 0 Å². The Morgan fingerprint density at radius 3 is 2.36 bits per heavy atom. The summed E-state index contributed by atoms with van der Waals surface area (Å²) in [6.45, 7) is 13.5. The molecule has 2 aliphatic heterocycles. The maximum atomic E-state index is 6.52. The molecular formula is C17H36N4O. The maximum absolute atomic E-state index is 6.52. The van der Waals surface area contributed by atoms with E-state index >= 15 is 0 Å². The van der Waals surface area contributed by atoms with E-state index in [0.29, 0.717) is 24.6 Å². The molecule has 4 N–H and O–H groups in total. The van der Waals surface area contributed by atoms with Gasteiger partial charge in [0.1, 0.15) is 0 Å². The summed E-state index contributed by atoms with van der Waals surface area (Å²) in [5.41, 5.74) is 12.2. The number of nitrogens with zero attached hydrogens (tertiary/aromatic N) is 2. The zero-order chi connectivity index (χ0) is 16.2. The summed E-state index contributed by atoms with van der Waals surface area (Å²) in [5.74, 6) is 0.670. The van der Waals surface area contributed by atoms with E-state index in [0.717, 1.165) is 52.2 Å². The maximum Gasteiger partial charge on any atom is 0.0647 e. The second-order valence-corrected chi connectivity index (χ2v) is 7.74. The van der Waals surface area contributed by atoms with Crippen molar-refractivity contribution in [3.05, 3.63) is 0 Å². The van der Waals surface area contributed by atoms with Crippen molar-refractivity contribution < 1.29 is 4.74 Å². The van der Waals surface area contributed by atoms with Crippen LogP contribution in [-0.4, -0.2) is 73.4 Å². The highest BCUT2D eigenvalue weighted by Crippen LogP contribution is 2.22. The van der Waals surface area contributed by atoms with Crippen molar-refractivity contribution in [2.45, 2.75) is 57.7 Å². The summed E-state index contributed by atoms with van der Waals surface area (Å²) in [6.07, 6.45) is 3.31. The Morgan fingerprint density at radius 2 is 1.82 bits per heavy atom. The van der Waals surface area contributed by atoms with Gasteiger partial charge in [0, 0.05) is 37.3 Å². The van der Waals surface area contributed by atoms with Gasteiger partial charge in [-0.15, -0.1) is 0 Å². The first kappa shape index (κ1) is 18.1. The van der Waals surface area contributed by atoms with Gasteiger partial charge < -0.3 is 21.1 Å². The molecule has 2 fully saturated rings. The third-order valence-corrected chi connectivity index (χ3v) is 5.55. The van der Waals surface area contributed by atoms with Crippen LogP contribution in [0.1, 0.15) is 40.0 Å². The number of nitrogens with two attached hydrogens (primary N) is 2. The number of likely N-dealkylation sites (tertiary alicyclic amines) is 2. The lowest BCUT2D eigenvalue weighted by atomic mass is 9.89. The molecule has 0 aromatic carbocycles. The topological polar surface area (TPSA) is 67.8 Å². The molecule has 0 aliphatic carbocycles. The number of hydrogen-bond acceptors (Lipinski definition) is 5. The zero-order valence-corrected chi connectivity index (χ0v) is 14.8. The van der Waals surface area contributed by atoms with Crippen molar-refractivity contribution in [3.8, 4) is 0 Å². The Balaban J connectivity index is 1.66. The lowest BCUT2D eigenvalue weighted by Gasteiger charge is -2.41. The fourth-order valence-electron chi connectivity index (χ4n) is 3.62. The Morgan fingerprint density at radius 1 is 1.14 bits per heavy atom. The van der Waals surface area contributed by atoms with E-state index in [2.05, 4.69) is 30.6 Å². The van der Waals surface area contributed by atoms with Crippen LogP contribution < -0.4 is 11.5 Å². The minimum absolute atomic E-state index is 0.129. The van der Waals surface area contributed by atoms with E-state index in [1.807, 2.05) is 0 Å². The highest BCUT2D eigenvalue weighted by atomic mass is 16.5. The van der Waals surface area contributed by atoms with Crippen LogP contribution in [0.5, 0.6) is 0 Å². The normalized spacial score (nSPS) is 28.4. The fraction of sp³-hybridized carbons (Fsp3) is 1.00. The number of piperidine rings is 1. The van der Waals surface area contributed by atoms with Crippen molar-refractivity contribution in [3.63, 3.8) is 0 Å². The van der Waals surface area contributed by atoms with Crippen LogP contribution in [0.25, 0.3) is 0 Å². The fourth-order valence-corrected chi connectivity index (χ4v) is 3.62. The molecule has 2 rings (SSSR count). The van der Waals surface area contributed by atoms with Gasteiger partial charge in [-0.1, -0.05) is 0 Å². The molecule has 130 valence electrons. The molecule has 22 heavy (non-hydrogen) atoms. The van der Waals surface area contributed by atoms with Crippen LogP contribution in [0.2, 0.25) is 0 Å². The van der Waals surface area contributed by atoms with E-state index in [-0.39, 0.29) is 5.54 Å². The van der Waals surface area contributed by atoms with Crippen molar-refractivity contribution >= 4 is 0 Å². The van der Waals surface area contributed by atoms with Crippen molar-refractivity contribution in [1.82, 2.24) is 9.80 Å². The number of ether oxygens (including phenoxy) is 1. The summed E-state index contributed by atoms with van der Waals surface area (Å²) >= 11 is 0. The van der Waals surface area contributed by atoms with Gasteiger partial charge in [-0.25, -0.2) is 0 Å². The van der Waals surface area contributed by atoms with Crippen molar-refractivity contribution in [2.24, 2.45) is 17.4 Å². The molecule has 0 aromatic rings. The van der Waals surface area contributed by atoms with Gasteiger partial charge in [-0.3, -0.25) is 4.90 Å². The van der Waals surface area contributed by atoms with Gasteiger partial charge in [0.2, 0.25) is 0 Å². The highest BCUT2D eigenvalue weighted by Gasteiger charge is 2.32. The molecule has 2 aliphatic rings. The van der Waals surface area contributed by atoms with E-state index < -0.39 is 0 Å². The molecule has 0 radical (unpaired) electrons. The third-order valence-electron chi connectivity index (χ3n) is 5.55. The Labute approximate surface area is 136 Å². The molecule has 0 amide bonds. The first-order chi connectivity index (χ1) is 10.4. The third kappa shape index (κ3) is 4.90. The van der Waals surface area contributed by atoms with E-state index in [4.69, 9.17) is 16.2 Å². The summed E-state index contributed by atoms with van der Waals surface area (Å²) in [7, 11) is 0. The highest BCUT2D eigenvalue weighted by molar-refractivity contribution is 4.91. The molecule has 2 unspecified atom stereocenters. The predicted octanol–water partition coefficient (Wildman–Crippen LogP) is 0.874. The Bertz CT molecular complexity index is 329.